The maximum atomic E-state index is 12.7. The number of esters is 1. The molecule has 1 aromatic heterocycles. The first-order chi connectivity index (χ1) is 11.0. The first-order valence-corrected chi connectivity index (χ1v) is 7.73. The van der Waals surface area contributed by atoms with Crippen LogP contribution in [0.4, 0.5) is 0 Å². The number of hydrogen-bond donors (Lipinski definition) is 0. The molecule has 3 rings (SSSR count). The minimum absolute atomic E-state index is 0.0815. The van der Waals surface area contributed by atoms with Crippen LogP contribution in [0.5, 0.6) is 0 Å². The van der Waals surface area contributed by atoms with Gasteiger partial charge >= 0.3 is 5.97 Å². The third-order valence-electron chi connectivity index (χ3n) is 4.04. The van der Waals surface area contributed by atoms with Crippen molar-refractivity contribution in [2.75, 3.05) is 13.7 Å². The van der Waals surface area contributed by atoms with Crippen LogP contribution in [0, 0.1) is 0 Å². The molecule has 0 spiro atoms. The van der Waals surface area contributed by atoms with Crippen LogP contribution in [0.25, 0.3) is 23.2 Å². The molecule has 1 aromatic carbocycles. The number of rotatable bonds is 3. The van der Waals surface area contributed by atoms with E-state index in [1.165, 1.54) is 0 Å². The van der Waals surface area contributed by atoms with Gasteiger partial charge in [-0.1, -0.05) is 13.0 Å². The molecule has 0 aliphatic carbocycles. The maximum absolute atomic E-state index is 12.7. The van der Waals surface area contributed by atoms with E-state index in [1.54, 1.807) is 37.2 Å². The molecule has 1 aliphatic heterocycles. The molecule has 5 nitrogen and oxygen atoms in total. The van der Waals surface area contributed by atoms with E-state index in [1.807, 2.05) is 19.1 Å². The van der Waals surface area contributed by atoms with Gasteiger partial charge in [-0.05, 0) is 37.1 Å². The third-order valence-corrected chi connectivity index (χ3v) is 4.04. The van der Waals surface area contributed by atoms with Crippen LogP contribution in [0.15, 0.2) is 27.4 Å². The molecule has 0 radical (unpaired) electrons. The SMILES string of the molecule is CCOC(=O)C1C=c2oc3ccc(CC)cc3c(=O)c2=CN1C. The van der Waals surface area contributed by atoms with E-state index in [2.05, 4.69) is 0 Å². The molecule has 0 bridgehead atoms. The molecule has 1 aliphatic rings. The van der Waals surface area contributed by atoms with Gasteiger partial charge in [0.1, 0.15) is 17.0 Å². The summed E-state index contributed by atoms with van der Waals surface area (Å²) in [6, 6.07) is 5.03. The second-order valence-corrected chi connectivity index (χ2v) is 5.55. The third kappa shape index (κ3) is 2.63. The highest BCUT2D eigenvalue weighted by atomic mass is 16.5. The molecule has 0 amide bonds. The van der Waals surface area contributed by atoms with E-state index in [0.29, 0.717) is 28.2 Å². The largest absolute Gasteiger partial charge is 0.464 e. The Hall–Kier alpha value is -2.56. The Labute approximate surface area is 133 Å². The Balaban J connectivity index is 2.24. The van der Waals surface area contributed by atoms with Gasteiger partial charge in [0.25, 0.3) is 0 Å². The van der Waals surface area contributed by atoms with Crippen molar-refractivity contribution in [3.05, 3.63) is 44.6 Å². The normalized spacial score (nSPS) is 16.5. The number of carbonyl (C=O) groups excluding carboxylic acids is 1. The summed E-state index contributed by atoms with van der Waals surface area (Å²) in [5, 5.41) is 1.03. The molecular formula is C18H19NO4. The molecule has 2 heterocycles. The first-order valence-electron chi connectivity index (χ1n) is 7.73. The van der Waals surface area contributed by atoms with Gasteiger partial charge < -0.3 is 14.1 Å². The summed E-state index contributed by atoms with van der Waals surface area (Å²) in [7, 11) is 1.74. The van der Waals surface area contributed by atoms with Crippen molar-refractivity contribution in [3.63, 3.8) is 0 Å². The number of fused-ring (bicyclic) bond motifs is 2. The molecule has 0 fully saturated rings. The Morgan fingerprint density at radius 1 is 1.35 bits per heavy atom. The predicted molar refractivity (Wildman–Crippen MR) is 88.2 cm³/mol. The van der Waals surface area contributed by atoms with E-state index in [0.717, 1.165) is 12.0 Å². The Kier molecular flexibility index (Phi) is 3.94. The van der Waals surface area contributed by atoms with Gasteiger partial charge in [-0.25, -0.2) is 4.79 Å². The van der Waals surface area contributed by atoms with Crippen molar-refractivity contribution < 1.29 is 13.9 Å². The lowest BCUT2D eigenvalue weighted by molar-refractivity contribution is -0.145. The van der Waals surface area contributed by atoms with E-state index in [4.69, 9.17) is 9.15 Å². The van der Waals surface area contributed by atoms with E-state index in [-0.39, 0.29) is 11.4 Å². The zero-order chi connectivity index (χ0) is 16.6. The highest BCUT2D eigenvalue weighted by Crippen LogP contribution is 2.12. The second-order valence-electron chi connectivity index (χ2n) is 5.55. The van der Waals surface area contributed by atoms with Gasteiger partial charge in [0.15, 0.2) is 0 Å². The summed E-state index contributed by atoms with van der Waals surface area (Å²) in [6.07, 6.45) is 4.15. The number of nitrogens with zero attached hydrogens (tertiary/aromatic N) is 1. The zero-order valence-corrected chi connectivity index (χ0v) is 13.5. The van der Waals surface area contributed by atoms with Gasteiger partial charge in [0.2, 0.25) is 5.43 Å². The van der Waals surface area contributed by atoms with E-state index < -0.39 is 6.04 Å². The lowest BCUT2D eigenvalue weighted by atomic mass is 10.1. The van der Waals surface area contributed by atoms with Gasteiger partial charge in [-0.15, -0.1) is 0 Å². The molecule has 120 valence electrons. The minimum atomic E-state index is -0.585. The fraction of sp³-hybridized carbons (Fsp3) is 0.333. The lowest BCUT2D eigenvalue weighted by Crippen LogP contribution is -2.49. The van der Waals surface area contributed by atoms with Crippen molar-refractivity contribution in [2.24, 2.45) is 0 Å². The molecule has 0 saturated heterocycles. The van der Waals surface area contributed by atoms with Gasteiger partial charge in [0.05, 0.1) is 17.2 Å². The second kappa shape index (κ2) is 5.91. The summed E-state index contributed by atoms with van der Waals surface area (Å²) in [6.45, 7) is 4.11. The molecule has 1 unspecified atom stereocenters. The van der Waals surface area contributed by atoms with Crippen LogP contribution < -0.4 is 16.1 Å². The average molecular weight is 313 g/mol. The fourth-order valence-corrected chi connectivity index (χ4v) is 2.75. The van der Waals surface area contributed by atoms with Crippen LogP contribution in [0.2, 0.25) is 0 Å². The van der Waals surface area contributed by atoms with Gasteiger partial charge in [-0.3, -0.25) is 4.79 Å². The standard InChI is InChI=1S/C18H19NO4/c1-4-11-6-7-15-12(8-11)17(20)13-10-19(3)14(9-16(13)23-15)18(21)22-5-2/h6-10,14H,4-5H2,1-3H3. The number of likely N-dealkylation sites (N-methyl/N-ethyl adjacent to an activating group) is 1. The van der Waals surface area contributed by atoms with Crippen molar-refractivity contribution in [1.82, 2.24) is 4.90 Å². The molecular weight excluding hydrogens is 294 g/mol. The van der Waals surface area contributed by atoms with E-state index in [9.17, 15) is 9.59 Å². The van der Waals surface area contributed by atoms with Crippen molar-refractivity contribution >= 4 is 29.2 Å². The summed E-state index contributed by atoms with van der Waals surface area (Å²) in [4.78, 5) is 26.4. The monoisotopic (exact) mass is 313 g/mol. The smallest absolute Gasteiger partial charge is 0.332 e. The van der Waals surface area contributed by atoms with Crippen LogP contribution in [-0.4, -0.2) is 30.6 Å². The van der Waals surface area contributed by atoms with E-state index >= 15 is 0 Å². The summed E-state index contributed by atoms with van der Waals surface area (Å²) in [5.41, 5.74) is 1.95. The van der Waals surface area contributed by atoms with Crippen LogP contribution in [0.1, 0.15) is 19.4 Å². The maximum Gasteiger partial charge on any atom is 0.332 e. The Morgan fingerprint density at radius 2 is 2.13 bits per heavy atom. The molecule has 23 heavy (non-hydrogen) atoms. The summed E-state index contributed by atoms with van der Waals surface area (Å²) < 4.78 is 10.9. The average Bonchev–Trinajstić information content (AvgIpc) is 2.55. The molecule has 2 aromatic rings. The summed E-state index contributed by atoms with van der Waals surface area (Å²) in [5.74, 6) is -0.360. The first kappa shape index (κ1) is 15.3. The fourth-order valence-electron chi connectivity index (χ4n) is 2.75. The van der Waals surface area contributed by atoms with Gasteiger partial charge in [0, 0.05) is 13.2 Å². The van der Waals surface area contributed by atoms with Crippen LogP contribution in [0.3, 0.4) is 0 Å². The molecule has 1 atom stereocenters. The minimum Gasteiger partial charge on any atom is -0.464 e. The van der Waals surface area contributed by atoms with Crippen molar-refractivity contribution in [3.8, 4) is 0 Å². The molecule has 5 heteroatoms. The van der Waals surface area contributed by atoms with Crippen molar-refractivity contribution in [1.29, 1.82) is 0 Å². The van der Waals surface area contributed by atoms with Crippen molar-refractivity contribution in [2.45, 2.75) is 26.3 Å². The number of aryl methyl sites for hydroxylation is 1. The van der Waals surface area contributed by atoms with Crippen LogP contribution in [-0.2, 0) is 16.0 Å². The molecule has 0 N–H and O–H groups in total. The Morgan fingerprint density at radius 3 is 2.83 bits per heavy atom. The highest BCUT2D eigenvalue weighted by molar-refractivity contribution is 5.84. The van der Waals surface area contributed by atoms with Crippen LogP contribution >= 0.6 is 0 Å². The lowest BCUT2D eigenvalue weighted by Gasteiger charge is -2.24. The van der Waals surface area contributed by atoms with Gasteiger partial charge in [-0.2, -0.15) is 0 Å². The predicted octanol–water partition coefficient (Wildman–Crippen LogP) is 0.751. The number of hydrogen-bond acceptors (Lipinski definition) is 5. The summed E-state index contributed by atoms with van der Waals surface area (Å²) >= 11 is 0. The Bertz CT molecular complexity index is 942. The topological polar surface area (TPSA) is 59.8 Å². The zero-order valence-electron chi connectivity index (χ0n) is 13.5. The number of ether oxygens (including phenoxy) is 1. The number of benzene rings is 1. The quantitative estimate of drug-likeness (QED) is 0.783. The number of carbonyl (C=O) groups is 1. The highest BCUT2D eigenvalue weighted by Gasteiger charge is 2.24. The molecule has 0 saturated carbocycles.